The van der Waals surface area contributed by atoms with E-state index in [9.17, 15) is 4.79 Å². The minimum Gasteiger partial charge on any atom is -0.469 e. The van der Waals surface area contributed by atoms with Crippen LogP contribution in [0.25, 0.3) is 0 Å². The SMILES string of the molecule is CCn1ncc(NC(=O)N2Cc3ccoc3CC(C)(C)C2)n1. The predicted octanol–water partition coefficient (Wildman–Crippen LogP) is 2.51. The zero-order valence-corrected chi connectivity index (χ0v) is 13.2. The number of carbonyl (C=O) groups is 1. The van der Waals surface area contributed by atoms with Gasteiger partial charge in [0, 0.05) is 18.5 Å². The molecule has 0 radical (unpaired) electrons. The van der Waals surface area contributed by atoms with Crippen molar-refractivity contribution in [3.63, 3.8) is 0 Å². The highest BCUT2D eigenvalue weighted by molar-refractivity contribution is 5.88. The Hall–Kier alpha value is -2.31. The van der Waals surface area contributed by atoms with E-state index in [-0.39, 0.29) is 11.4 Å². The molecule has 2 aromatic heterocycles. The van der Waals surface area contributed by atoms with Crippen LogP contribution >= 0.6 is 0 Å². The average Bonchev–Trinajstić information content (AvgIpc) is 3.04. The molecule has 0 atom stereocenters. The number of nitrogens with one attached hydrogen (secondary N) is 1. The number of nitrogens with zero attached hydrogens (tertiary/aromatic N) is 4. The van der Waals surface area contributed by atoms with Crippen LogP contribution in [0.4, 0.5) is 10.6 Å². The molecule has 3 rings (SSSR count). The number of furan rings is 1. The number of carbonyl (C=O) groups excluding carboxylic acids is 1. The van der Waals surface area contributed by atoms with E-state index in [0.29, 0.717) is 25.5 Å². The lowest BCUT2D eigenvalue weighted by atomic mass is 9.88. The highest BCUT2D eigenvalue weighted by Gasteiger charge is 2.32. The molecular formula is C15H21N5O2. The fourth-order valence-corrected chi connectivity index (χ4v) is 2.77. The van der Waals surface area contributed by atoms with E-state index >= 15 is 0 Å². The summed E-state index contributed by atoms with van der Waals surface area (Å²) < 4.78 is 5.55. The molecule has 2 amide bonds. The Morgan fingerprint density at radius 2 is 2.32 bits per heavy atom. The van der Waals surface area contributed by atoms with Crippen LogP contribution in [0.2, 0.25) is 0 Å². The lowest BCUT2D eigenvalue weighted by Crippen LogP contribution is -2.40. The van der Waals surface area contributed by atoms with Gasteiger partial charge in [0.2, 0.25) is 0 Å². The molecule has 0 spiro atoms. The van der Waals surface area contributed by atoms with Crippen molar-refractivity contribution in [2.24, 2.45) is 5.41 Å². The van der Waals surface area contributed by atoms with E-state index < -0.39 is 0 Å². The van der Waals surface area contributed by atoms with Crippen molar-refractivity contribution >= 4 is 11.8 Å². The Bertz CT molecular complexity index is 673. The molecule has 7 heteroatoms. The van der Waals surface area contributed by atoms with Gasteiger partial charge in [-0.05, 0) is 18.4 Å². The molecule has 0 unspecified atom stereocenters. The van der Waals surface area contributed by atoms with E-state index in [2.05, 4.69) is 29.4 Å². The molecule has 1 N–H and O–H groups in total. The summed E-state index contributed by atoms with van der Waals surface area (Å²) >= 11 is 0. The van der Waals surface area contributed by atoms with E-state index in [4.69, 9.17) is 4.42 Å². The highest BCUT2D eigenvalue weighted by Crippen LogP contribution is 2.30. The molecule has 0 saturated heterocycles. The number of amides is 2. The van der Waals surface area contributed by atoms with Crippen LogP contribution in [-0.4, -0.2) is 32.5 Å². The molecule has 3 heterocycles. The van der Waals surface area contributed by atoms with E-state index in [1.165, 1.54) is 4.80 Å². The van der Waals surface area contributed by atoms with Crippen LogP contribution in [0.15, 0.2) is 22.9 Å². The first kappa shape index (κ1) is 14.6. The van der Waals surface area contributed by atoms with Crippen LogP contribution in [0.1, 0.15) is 32.1 Å². The maximum absolute atomic E-state index is 12.5. The lowest BCUT2D eigenvalue weighted by Gasteiger charge is -2.29. The third kappa shape index (κ3) is 2.98. The third-order valence-electron chi connectivity index (χ3n) is 3.80. The standard InChI is InChI=1S/C15H21N5O2/c1-4-20-16-8-13(18-20)17-14(21)19-9-11-5-6-22-12(11)7-15(2,3)10-19/h5-6,8H,4,7,9-10H2,1-3H3,(H,17,18,21). The fourth-order valence-electron chi connectivity index (χ4n) is 2.77. The number of hydrogen-bond donors (Lipinski definition) is 1. The molecule has 22 heavy (non-hydrogen) atoms. The van der Waals surface area contributed by atoms with Gasteiger partial charge in [-0.1, -0.05) is 13.8 Å². The molecule has 0 fully saturated rings. The lowest BCUT2D eigenvalue weighted by molar-refractivity contribution is 0.179. The summed E-state index contributed by atoms with van der Waals surface area (Å²) in [5, 5.41) is 11.1. The topological polar surface area (TPSA) is 76.2 Å². The zero-order chi connectivity index (χ0) is 15.7. The predicted molar refractivity (Wildman–Crippen MR) is 81.3 cm³/mol. The molecule has 1 aliphatic rings. The van der Waals surface area contributed by atoms with Gasteiger partial charge in [-0.3, -0.25) is 5.32 Å². The fraction of sp³-hybridized carbons (Fsp3) is 0.533. The minimum atomic E-state index is -0.162. The maximum Gasteiger partial charge on any atom is 0.323 e. The second kappa shape index (κ2) is 5.47. The summed E-state index contributed by atoms with van der Waals surface area (Å²) in [7, 11) is 0. The van der Waals surface area contributed by atoms with E-state index in [0.717, 1.165) is 17.7 Å². The molecule has 0 aromatic carbocycles. The molecule has 0 saturated carbocycles. The summed E-state index contributed by atoms with van der Waals surface area (Å²) in [4.78, 5) is 15.9. The number of hydrogen-bond acceptors (Lipinski definition) is 4. The minimum absolute atomic E-state index is 0.0402. The number of rotatable bonds is 2. The van der Waals surface area contributed by atoms with Gasteiger partial charge in [-0.25, -0.2) is 4.79 Å². The zero-order valence-electron chi connectivity index (χ0n) is 13.2. The second-order valence-corrected chi connectivity index (χ2v) is 6.41. The summed E-state index contributed by atoms with van der Waals surface area (Å²) in [5.74, 6) is 1.44. The Morgan fingerprint density at radius 3 is 3.05 bits per heavy atom. The number of aryl methyl sites for hydroxylation is 1. The van der Waals surface area contributed by atoms with Crippen LogP contribution in [0, 0.1) is 5.41 Å². The van der Waals surface area contributed by atoms with Crippen molar-refractivity contribution in [1.29, 1.82) is 0 Å². The van der Waals surface area contributed by atoms with E-state index in [1.807, 2.05) is 13.0 Å². The Labute approximate surface area is 129 Å². The third-order valence-corrected chi connectivity index (χ3v) is 3.80. The first-order valence-corrected chi connectivity index (χ1v) is 7.48. The largest absolute Gasteiger partial charge is 0.469 e. The van der Waals surface area contributed by atoms with E-state index in [1.54, 1.807) is 17.4 Å². The van der Waals surface area contributed by atoms with Crippen LogP contribution in [0.3, 0.4) is 0 Å². The Balaban J connectivity index is 1.76. The number of anilines is 1. The second-order valence-electron chi connectivity index (χ2n) is 6.41. The molecule has 0 bridgehead atoms. The molecule has 7 nitrogen and oxygen atoms in total. The van der Waals surface area contributed by atoms with Crippen molar-refractivity contribution in [2.45, 2.75) is 40.3 Å². The first-order valence-electron chi connectivity index (χ1n) is 7.48. The number of urea groups is 1. The Kier molecular flexibility index (Phi) is 3.64. The molecular weight excluding hydrogens is 282 g/mol. The summed E-state index contributed by atoms with van der Waals surface area (Å²) in [6.45, 7) is 8.10. The highest BCUT2D eigenvalue weighted by atomic mass is 16.3. The van der Waals surface area contributed by atoms with Gasteiger partial charge in [0.25, 0.3) is 0 Å². The molecule has 2 aromatic rings. The van der Waals surface area contributed by atoms with Crippen molar-refractivity contribution in [3.8, 4) is 0 Å². The first-order chi connectivity index (χ1) is 10.5. The van der Waals surface area contributed by atoms with Crippen molar-refractivity contribution in [2.75, 3.05) is 11.9 Å². The quantitative estimate of drug-likeness (QED) is 0.925. The van der Waals surface area contributed by atoms with Gasteiger partial charge in [-0.15, -0.1) is 5.10 Å². The van der Waals surface area contributed by atoms with Gasteiger partial charge in [0.15, 0.2) is 5.82 Å². The van der Waals surface area contributed by atoms with Crippen molar-refractivity contribution < 1.29 is 9.21 Å². The van der Waals surface area contributed by atoms with Crippen LogP contribution in [0.5, 0.6) is 0 Å². The van der Waals surface area contributed by atoms with Crippen molar-refractivity contribution in [3.05, 3.63) is 29.9 Å². The van der Waals surface area contributed by atoms with Gasteiger partial charge >= 0.3 is 6.03 Å². The number of aromatic nitrogens is 3. The number of fused-ring (bicyclic) bond motifs is 1. The maximum atomic E-state index is 12.5. The van der Waals surface area contributed by atoms with Gasteiger partial charge in [0.05, 0.1) is 25.5 Å². The smallest absolute Gasteiger partial charge is 0.323 e. The van der Waals surface area contributed by atoms with Gasteiger partial charge in [0.1, 0.15) is 5.76 Å². The summed E-state index contributed by atoms with van der Waals surface area (Å²) in [6.07, 6.45) is 4.08. The van der Waals surface area contributed by atoms with Gasteiger partial charge < -0.3 is 9.32 Å². The molecule has 118 valence electrons. The van der Waals surface area contributed by atoms with Gasteiger partial charge in [-0.2, -0.15) is 9.90 Å². The van der Waals surface area contributed by atoms with Crippen molar-refractivity contribution in [1.82, 2.24) is 19.9 Å². The molecule has 1 aliphatic heterocycles. The molecule has 0 aliphatic carbocycles. The average molecular weight is 303 g/mol. The summed E-state index contributed by atoms with van der Waals surface area (Å²) in [6, 6.07) is 1.77. The normalized spacial score (nSPS) is 17.0. The summed E-state index contributed by atoms with van der Waals surface area (Å²) in [5.41, 5.74) is 1.03. The van der Waals surface area contributed by atoms with Crippen LogP contribution in [-0.2, 0) is 19.5 Å². The van der Waals surface area contributed by atoms with Crippen LogP contribution < -0.4 is 5.32 Å². The monoisotopic (exact) mass is 303 g/mol. The Morgan fingerprint density at radius 1 is 1.50 bits per heavy atom.